The van der Waals surface area contributed by atoms with Crippen molar-refractivity contribution in [3.63, 3.8) is 0 Å². The average Bonchev–Trinajstić information content (AvgIpc) is 2.83. The number of hydrogen-bond donors (Lipinski definition) is 4. The van der Waals surface area contributed by atoms with Crippen molar-refractivity contribution >= 4 is 63.4 Å². The third kappa shape index (κ3) is 3.84. The van der Waals surface area contributed by atoms with Crippen molar-refractivity contribution in [3.8, 4) is 0 Å². The summed E-state index contributed by atoms with van der Waals surface area (Å²) in [5.41, 5.74) is 8.28. The predicted molar refractivity (Wildman–Crippen MR) is 91.6 cm³/mol. The molecule has 13 heteroatoms. The molecule has 0 aliphatic carbocycles. The van der Waals surface area contributed by atoms with E-state index in [9.17, 15) is 22.8 Å². The molecule has 0 saturated carbocycles. The van der Waals surface area contributed by atoms with Crippen LogP contribution in [0.25, 0.3) is 0 Å². The first kappa shape index (κ1) is 20.6. The average molecular weight is 393 g/mol. The van der Waals surface area contributed by atoms with Crippen molar-refractivity contribution in [1.29, 1.82) is 0 Å². The van der Waals surface area contributed by atoms with E-state index < -0.39 is 40.2 Å². The van der Waals surface area contributed by atoms with Gasteiger partial charge < -0.3 is 11.1 Å². The van der Waals surface area contributed by atoms with Crippen LogP contribution in [-0.2, 0) is 15.1 Å². The second-order valence-corrected chi connectivity index (χ2v) is 6.90. The SMILES string of the molecule is NC(=O)c1ccc(NC(=O)NN2CC[C@@H]3[C@@H]2C(=O)N3S(=O)(=O)O)cc1.[NaH]. The summed E-state index contributed by atoms with van der Waals surface area (Å²) in [6.07, 6.45) is 0.295. The maximum atomic E-state index is 12.0. The molecule has 136 valence electrons. The maximum absolute atomic E-state index is 12.0. The van der Waals surface area contributed by atoms with Gasteiger partial charge in [0.05, 0.1) is 6.04 Å². The van der Waals surface area contributed by atoms with Crippen molar-refractivity contribution in [2.75, 3.05) is 11.9 Å². The van der Waals surface area contributed by atoms with Crippen LogP contribution in [0.2, 0.25) is 0 Å². The zero-order valence-electron chi connectivity index (χ0n) is 12.7. The number of primary amides is 1. The van der Waals surface area contributed by atoms with Crippen LogP contribution < -0.4 is 16.5 Å². The molecule has 2 aliphatic rings. The van der Waals surface area contributed by atoms with E-state index in [-0.39, 0.29) is 36.1 Å². The normalized spacial score (nSPS) is 22.0. The van der Waals surface area contributed by atoms with E-state index in [4.69, 9.17) is 10.3 Å². The van der Waals surface area contributed by atoms with E-state index in [1.54, 1.807) is 0 Å². The van der Waals surface area contributed by atoms with Crippen molar-refractivity contribution in [2.45, 2.75) is 18.5 Å². The Balaban J connectivity index is 0.00000243. The van der Waals surface area contributed by atoms with Crippen LogP contribution in [0, 0.1) is 0 Å². The molecule has 2 saturated heterocycles. The van der Waals surface area contributed by atoms with Gasteiger partial charge in [0.25, 0.3) is 5.91 Å². The minimum atomic E-state index is -4.59. The van der Waals surface area contributed by atoms with Gasteiger partial charge in [-0.05, 0) is 30.7 Å². The van der Waals surface area contributed by atoms with Crippen LogP contribution >= 0.6 is 0 Å². The van der Waals surface area contributed by atoms with E-state index in [0.29, 0.717) is 22.0 Å². The van der Waals surface area contributed by atoms with Crippen LogP contribution in [0.4, 0.5) is 10.5 Å². The summed E-state index contributed by atoms with van der Waals surface area (Å²) in [4.78, 5) is 34.9. The number of nitrogens with one attached hydrogen (secondary N) is 2. The van der Waals surface area contributed by atoms with Gasteiger partial charge in [-0.3, -0.25) is 19.6 Å². The molecule has 1 aromatic rings. The van der Waals surface area contributed by atoms with Crippen molar-refractivity contribution in [3.05, 3.63) is 29.8 Å². The number of nitrogens with two attached hydrogens (primary N) is 1. The fraction of sp³-hybridized carbons (Fsp3) is 0.308. The second-order valence-electron chi connectivity index (χ2n) is 5.61. The van der Waals surface area contributed by atoms with Crippen LogP contribution in [0.3, 0.4) is 0 Å². The molecule has 2 atom stereocenters. The molecule has 0 bridgehead atoms. The second kappa shape index (κ2) is 7.50. The number of β-lactam (4-membered cyclic amide) rings is 1. The van der Waals surface area contributed by atoms with Crippen molar-refractivity contribution in [2.24, 2.45) is 5.73 Å². The summed E-state index contributed by atoms with van der Waals surface area (Å²) in [5.74, 6) is -1.39. The van der Waals surface area contributed by atoms with Gasteiger partial charge in [-0.25, -0.2) is 14.1 Å². The standard InChI is InChI=1S/C13H15N5O6S.Na.H/c14-11(19)7-1-3-8(4-2-7)15-13(21)16-17-6-5-9-10(17)12(20)18(9)25(22,23)24;;/h1-4,9-10H,5-6H2,(H2,14,19)(H2,15,16,21)(H,22,23,24);;/t9-,10-;;/m1../s1. The first-order chi connectivity index (χ1) is 11.7. The molecule has 1 aromatic carbocycles. The molecule has 0 spiro atoms. The summed E-state index contributed by atoms with van der Waals surface area (Å²) in [6, 6.07) is 3.71. The fourth-order valence-corrected chi connectivity index (χ4v) is 3.85. The summed E-state index contributed by atoms with van der Waals surface area (Å²) < 4.78 is 31.7. The Kier molecular flexibility index (Phi) is 5.95. The zero-order valence-corrected chi connectivity index (χ0v) is 13.6. The van der Waals surface area contributed by atoms with Gasteiger partial charge in [-0.15, -0.1) is 0 Å². The Labute approximate surface area is 171 Å². The number of hydrazine groups is 1. The van der Waals surface area contributed by atoms with E-state index in [2.05, 4.69) is 10.7 Å². The summed E-state index contributed by atoms with van der Waals surface area (Å²) in [5, 5.41) is 3.84. The first-order valence-corrected chi connectivity index (χ1v) is 8.63. The predicted octanol–water partition coefficient (Wildman–Crippen LogP) is -1.74. The molecule has 26 heavy (non-hydrogen) atoms. The van der Waals surface area contributed by atoms with E-state index in [1.807, 2.05) is 0 Å². The molecule has 2 aliphatic heterocycles. The molecule has 0 aromatic heterocycles. The number of amides is 4. The van der Waals surface area contributed by atoms with Gasteiger partial charge in [0.15, 0.2) is 0 Å². The number of hydrogen-bond acceptors (Lipinski definition) is 6. The van der Waals surface area contributed by atoms with Crippen molar-refractivity contribution in [1.82, 2.24) is 14.7 Å². The summed E-state index contributed by atoms with van der Waals surface area (Å²) >= 11 is 0. The third-order valence-electron chi connectivity index (χ3n) is 4.06. The van der Waals surface area contributed by atoms with E-state index in [0.717, 1.165) is 0 Å². The Morgan fingerprint density at radius 1 is 1.23 bits per heavy atom. The number of rotatable bonds is 4. The monoisotopic (exact) mass is 393 g/mol. The molecular weight excluding hydrogens is 377 g/mol. The molecule has 0 unspecified atom stereocenters. The number of carbonyl (C=O) groups excluding carboxylic acids is 3. The van der Waals surface area contributed by atoms with Gasteiger partial charge in [-0.1, -0.05) is 0 Å². The summed E-state index contributed by atoms with van der Waals surface area (Å²) in [7, 11) is -4.59. The number of fused-ring (bicyclic) bond motifs is 1. The van der Waals surface area contributed by atoms with Gasteiger partial charge in [0, 0.05) is 17.8 Å². The number of urea groups is 1. The molecule has 4 amide bonds. The number of nitrogens with zero attached hydrogens (tertiary/aromatic N) is 2. The van der Waals surface area contributed by atoms with Gasteiger partial charge in [0.1, 0.15) is 6.04 Å². The van der Waals surface area contributed by atoms with Crippen LogP contribution in [-0.4, -0.2) is 88.3 Å². The number of carbonyl (C=O) groups is 3. The fourth-order valence-electron chi connectivity index (χ4n) is 2.95. The number of anilines is 1. The van der Waals surface area contributed by atoms with Crippen LogP contribution in [0.15, 0.2) is 24.3 Å². The molecule has 2 heterocycles. The minimum absolute atomic E-state index is 0. The molecule has 5 N–H and O–H groups in total. The van der Waals surface area contributed by atoms with Gasteiger partial charge in [0.2, 0.25) is 5.91 Å². The molecular formula is C13H16N5NaO6S. The van der Waals surface area contributed by atoms with Gasteiger partial charge >= 0.3 is 45.9 Å². The van der Waals surface area contributed by atoms with Crippen LogP contribution in [0.5, 0.6) is 0 Å². The first-order valence-electron chi connectivity index (χ1n) is 7.23. The third-order valence-corrected chi connectivity index (χ3v) is 5.01. The summed E-state index contributed by atoms with van der Waals surface area (Å²) in [6.45, 7) is 0.251. The molecule has 2 fully saturated rings. The zero-order chi connectivity index (χ0) is 18.4. The Bertz CT molecular complexity index is 845. The van der Waals surface area contributed by atoms with E-state index in [1.165, 1.54) is 29.3 Å². The molecule has 0 radical (unpaired) electrons. The Morgan fingerprint density at radius 3 is 2.38 bits per heavy atom. The number of benzene rings is 1. The van der Waals surface area contributed by atoms with Crippen LogP contribution in [0.1, 0.15) is 16.8 Å². The Morgan fingerprint density at radius 2 is 1.85 bits per heavy atom. The Hall–Kier alpha value is -1.70. The molecule has 11 nitrogen and oxygen atoms in total. The topological polar surface area (TPSA) is 162 Å². The quantitative estimate of drug-likeness (QED) is 0.268. The molecule has 3 rings (SSSR count). The van der Waals surface area contributed by atoms with Crippen molar-refractivity contribution < 1.29 is 27.4 Å². The van der Waals surface area contributed by atoms with Gasteiger partial charge in [-0.2, -0.15) is 8.42 Å². The van der Waals surface area contributed by atoms with E-state index >= 15 is 0 Å².